The summed E-state index contributed by atoms with van der Waals surface area (Å²) < 4.78 is 22.6. The zero-order valence-corrected chi connectivity index (χ0v) is 10.6. The van der Waals surface area contributed by atoms with Gasteiger partial charge in [-0.3, -0.25) is 9.55 Å². The number of oxime groups is 1. The summed E-state index contributed by atoms with van der Waals surface area (Å²) in [7, 11) is -3.58. The van der Waals surface area contributed by atoms with Gasteiger partial charge >= 0.3 is 7.60 Å². The summed E-state index contributed by atoms with van der Waals surface area (Å²) in [6.45, 7) is 3.77. The van der Waals surface area contributed by atoms with E-state index in [9.17, 15) is 4.57 Å². The van der Waals surface area contributed by atoms with Crippen molar-refractivity contribution in [1.29, 1.82) is 0 Å². The second-order valence-corrected chi connectivity index (χ2v) is 4.93. The lowest BCUT2D eigenvalue weighted by Gasteiger charge is -2.17. The van der Waals surface area contributed by atoms with Crippen molar-refractivity contribution >= 4 is 13.0 Å². The molecule has 0 aliphatic rings. The molecule has 7 heteroatoms. The number of hydrogen-bond acceptors (Lipinski definition) is 6. The third kappa shape index (κ3) is 3.36. The van der Waals surface area contributed by atoms with Gasteiger partial charge in [0.1, 0.15) is 0 Å². The molecule has 1 aromatic rings. The van der Waals surface area contributed by atoms with Crippen LogP contribution in [0.5, 0.6) is 0 Å². The van der Waals surface area contributed by atoms with Crippen molar-refractivity contribution in [2.75, 3.05) is 13.2 Å². The summed E-state index contributed by atoms with van der Waals surface area (Å²) in [5.41, 5.74) is 0.344. The number of pyridine rings is 1. The van der Waals surface area contributed by atoms with Crippen molar-refractivity contribution in [3.63, 3.8) is 0 Å². The lowest BCUT2D eigenvalue weighted by atomic mass is 10.3. The lowest BCUT2D eigenvalue weighted by molar-refractivity contribution is 0.230. The van der Waals surface area contributed by atoms with Crippen LogP contribution >= 0.6 is 7.60 Å². The van der Waals surface area contributed by atoms with Crippen LogP contribution in [0, 0.1) is 0 Å². The highest BCUT2D eigenvalue weighted by atomic mass is 31.2. The topological polar surface area (TPSA) is 81.0 Å². The molecular formula is C10H15N2O4P. The number of nitrogens with zero attached hydrogens (tertiary/aromatic N) is 2. The van der Waals surface area contributed by atoms with Crippen LogP contribution in [-0.2, 0) is 13.6 Å². The molecule has 0 fully saturated rings. The Morgan fingerprint density at radius 2 is 1.88 bits per heavy atom. The van der Waals surface area contributed by atoms with Gasteiger partial charge in [-0.25, -0.2) is 0 Å². The van der Waals surface area contributed by atoms with Crippen LogP contribution in [0.4, 0.5) is 0 Å². The maximum Gasteiger partial charge on any atom is 0.383 e. The molecular weight excluding hydrogens is 243 g/mol. The number of rotatable bonds is 6. The molecule has 94 valence electrons. The summed E-state index contributed by atoms with van der Waals surface area (Å²) in [6, 6.07) is 3.14. The van der Waals surface area contributed by atoms with Gasteiger partial charge in [-0.1, -0.05) is 5.16 Å². The summed E-state index contributed by atoms with van der Waals surface area (Å²) >= 11 is 0. The molecule has 17 heavy (non-hydrogen) atoms. The van der Waals surface area contributed by atoms with Crippen LogP contribution in [0.1, 0.15) is 19.4 Å². The van der Waals surface area contributed by atoms with E-state index in [1.165, 1.54) is 12.4 Å². The van der Waals surface area contributed by atoms with Crippen molar-refractivity contribution < 1.29 is 18.8 Å². The van der Waals surface area contributed by atoms with E-state index < -0.39 is 7.60 Å². The molecule has 0 radical (unpaired) electrons. The van der Waals surface area contributed by atoms with E-state index in [1.54, 1.807) is 26.0 Å². The largest absolute Gasteiger partial charge is 0.410 e. The molecule has 1 aromatic heterocycles. The molecule has 0 unspecified atom stereocenters. The van der Waals surface area contributed by atoms with Crippen LogP contribution in [-0.4, -0.2) is 28.9 Å². The maximum atomic E-state index is 12.4. The zero-order chi connectivity index (χ0) is 12.7. The predicted molar refractivity (Wildman–Crippen MR) is 63.4 cm³/mol. The number of hydrogen-bond donors (Lipinski definition) is 1. The highest BCUT2D eigenvalue weighted by Crippen LogP contribution is 2.51. The fraction of sp³-hybridized carbons (Fsp3) is 0.400. The SMILES string of the molecule is CCOP(=O)(OCC)/C(=N/O)c1ccncc1. The van der Waals surface area contributed by atoms with Gasteiger partial charge in [-0.15, -0.1) is 0 Å². The second kappa shape index (κ2) is 6.49. The van der Waals surface area contributed by atoms with Gasteiger partial charge in [0.2, 0.25) is 0 Å². The van der Waals surface area contributed by atoms with Crippen molar-refractivity contribution in [1.82, 2.24) is 4.98 Å². The molecule has 0 atom stereocenters. The van der Waals surface area contributed by atoms with E-state index in [4.69, 9.17) is 14.3 Å². The Kier molecular flexibility index (Phi) is 5.28. The smallest absolute Gasteiger partial charge is 0.383 e. The maximum absolute atomic E-state index is 12.4. The Balaban J connectivity index is 3.12. The molecule has 0 saturated heterocycles. The van der Waals surface area contributed by atoms with E-state index in [0.29, 0.717) is 5.56 Å². The van der Waals surface area contributed by atoms with Crippen LogP contribution in [0.25, 0.3) is 0 Å². The highest BCUT2D eigenvalue weighted by Gasteiger charge is 2.33. The van der Waals surface area contributed by atoms with Crippen LogP contribution in [0.3, 0.4) is 0 Å². The average molecular weight is 258 g/mol. The van der Waals surface area contributed by atoms with Crippen molar-refractivity contribution in [2.45, 2.75) is 13.8 Å². The average Bonchev–Trinajstić information content (AvgIpc) is 2.31. The summed E-state index contributed by atoms with van der Waals surface area (Å²) in [6.07, 6.45) is 3.01. The zero-order valence-electron chi connectivity index (χ0n) is 9.74. The lowest BCUT2D eigenvalue weighted by Crippen LogP contribution is -2.09. The van der Waals surface area contributed by atoms with Crippen LogP contribution in [0.2, 0.25) is 0 Å². The first-order chi connectivity index (χ1) is 8.18. The molecule has 0 aromatic carbocycles. The van der Waals surface area contributed by atoms with Gasteiger partial charge in [-0.05, 0) is 26.0 Å². The van der Waals surface area contributed by atoms with Crippen molar-refractivity contribution in [2.24, 2.45) is 5.16 Å². The standard InChI is InChI=1S/C10H15N2O4P/c1-3-15-17(14,16-4-2)10(12-13)9-5-7-11-8-6-9/h5-8,13H,3-4H2,1-2H3/b12-10+. The monoisotopic (exact) mass is 258 g/mol. The van der Waals surface area contributed by atoms with E-state index in [1.807, 2.05) is 0 Å². The molecule has 0 aliphatic carbocycles. The summed E-state index contributed by atoms with van der Waals surface area (Å²) in [5, 5.41) is 12.0. The molecule has 0 spiro atoms. The first-order valence-electron chi connectivity index (χ1n) is 5.20. The van der Waals surface area contributed by atoms with Gasteiger partial charge < -0.3 is 14.3 Å². The molecule has 1 heterocycles. The van der Waals surface area contributed by atoms with Gasteiger partial charge in [0.25, 0.3) is 0 Å². The number of aromatic nitrogens is 1. The minimum Gasteiger partial charge on any atom is -0.410 e. The quantitative estimate of drug-likeness (QED) is 0.367. The van der Waals surface area contributed by atoms with Gasteiger partial charge in [0.15, 0.2) is 5.45 Å². The Bertz CT molecular complexity index is 412. The van der Waals surface area contributed by atoms with E-state index in [0.717, 1.165) is 0 Å². The van der Waals surface area contributed by atoms with E-state index in [2.05, 4.69) is 10.1 Å². The van der Waals surface area contributed by atoms with Gasteiger partial charge in [-0.2, -0.15) is 0 Å². The van der Waals surface area contributed by atoms with E-state index in [-0.39, 0.29) is 18.7 Å². The normalized spacial score (nSPS) is 12.7. The molecule has 0 aliphatic heterocycles. The van der Waals surface area contributed by atoms with Crippen LogP contribution in [0.15, 0.2) is 29.7 Å². The van der Waals surface area contributed by atoms with Crippen molar-refractivity contribution in [3.8, 4) is 0 Å². The summed E-state index contributed by atoms with van der Waals surface area (Å²) in [5.74, 6) is 0. The third-order valence-electron chi connectivity index (χ3n) is 1.89. The predicted octanol–water partition coefficient (Wildman–Crippen LogP) is 2.48. The highest BCUT2D eigenvalue weighted by molar-refractivity contribution is 7.73. The minimum atomic E-state index is -3.58. The molecule has 0 amide bonds. The molecule has 6 nitrogen and oxygen atoms in total. The molecule has 0 saturated carbocycles. The second-order valence-electron chi connectivity index (χ2n) is 2.99. The van der Waals surface area contributed by atoms with Gasteiger partial charge in [0.05, 0.1) is 13.2 Å². The van der Waals surface area contributed by atoms with Crippen LogP contribution < -0.4 is 0 Å². The summed E-state index contributed by atoms with van der Waals surface area (Å²) in [4.78, 5) is 3.83. The van der Waals surface area contributed by atoms with Gasteiger partial charge in [0, 0.05) is 18.0 Å². The molecule has 1 rings (SSSR count). The van der Waals surface area contributed by atoms with Crippen molar-refractivity contribution in [3.05, 3.63) is 30.1 Å². The fourth-order valence-corrected chi connectivity index (χ4v) is 2.84. The Morgan fingerprint density at radius 3 is 2.29 bits per heavy atom. The first kappa shape index (κ1) is 13.8. The minimum absolute atomic E-state index is 0.108. The molecule has 1 N–H and O–H groups in total. The Labute approximate surface area is 99.8 Å². The third-order valence-corrected chi connectivity index (χ3v) is 3.95. The van der Waals surface area contributed by atoms with E-state index >= 15 is 0 Å². The Morgan fingerprint density at radius 1 is 1.35 bits per heavy atom. The Hall–Kier alpha value is -1.23. The molecule has 0 bridgehead atoms. The first-order valence-corrected chi connectivity index (χ1v) is 6.74. The fourth-order valence-electron chi connectivity index (χ4n) is 1.27.